The van der Waals surface area contributed by atoms with E-state index in [4.69, 9.17) is 5.73 Å². The summed E-state index contributed by atoms with van der Waals surface area (Å²) in [5.41, 5.74) is 6.26. The topological polar surface area (TPSA) is 56.0 Å². The van der Waals surface area contributed by atoms with Crippen molar-refractivity contribution in [3.8, 4) is 0 Å². The van der Waals surface area contributed by atoms with Gasteiger partial charge in [0.15, 0.2) is 0 Å². The Labute approximate surface area is 78.0 Å². The van der Waals surface area contributed by atoms with Crippen molar-refractivity contribution in [2.75, 3.05) is 0 Å². The lowest BCUT2D eigenvalue weighted by molar-refractivity contribution is -0.121. The monoisotopic (exact) mass is 178 g/mol. The van der Waals surface area contributed by atoms with Crippen molar-refractivity contribution in [3.05, 3.63) is 30.1 Å². The zero-order valence-electron chi connectivity index (χ0n) is 7.90. The number of carbonyl (C=O) groups excluding carboxylic acids is 1. The molecule has 0 saturated heterocycles. The Balaban J connectivity index is 2.79. The second-order valence-corrected chi connectivity index (χ2v) is 3.27. The van der Waals surface area contributed by atoms with Crippen LogP contribution in [0.2, 0.25) is 0 Å². The summed E-state index contributed by atoms with van der Waals surface area (Å²) in [5.74, 6) is -0.285. The highest BCUT2D eigenvalue weighted by molar-refractivity contribution is 5.77. The fraction of sp³-hybridized carbons (Fsp3) is 0.400. The summed E-state index contributed by atoms with van der Waals surface area (Å²) in [4.78, 5) is 14.9. The van der Waals surface area contributed by atoms with Crippen LogP contribution in [0.5, 0.6) is 0 Å². The first-order valence-corrected chi connectivity index (χ1v) is 4.32. The molecule has 0 aliphatic carbocycles. The number of pyridine rings is 1. The quantitative estimate of drug-likeness (QED) is 0.758. The van der Waals surface area contributed by atoms with Gasteiger partial charge in [-0.15, -0.1) is 0 Å². The Hall–Kier alpha value is -1.38. The number of hydrogen-bond donors (Lipinski definition) is 1. The van der Waals surface area contributed by atoms with Crippen molar-refractivity contribution >= 4 is 5.91 Å². The van der Waals surface area contributed by atoms with E-state index in [2.05, 4.69) is 4.98 Å². The molecule has 70 valence electrons. The number of carbonyl (C=O) groups is 1. The first-order valence-electron chi connectivity index (χ1n) is 4.32. The van der Waals surface area contributed by atoms with Crippen molar-refractivity contribution in [3.63, 3.8) is 0 Å². The summed E-state index contributed by atoms with van der Waals surface area (Å²) < 4.78 is 0. The number of primary amides is 1. The predicted molar refractivity (Wildman–Crippen MR) is 51.0 cm³/mol. The van der Waals surface area contributed by atoms with Crippen molar-refractivity contribution in [1.29, 1.82) is 0 Å². The van der Waals surface area contributed by atoms with Gasteiger partial charge in [-0.2, -0.15) is 0 Å². The highest BCUT2D eigenvalue weighted by Gasteiger charge is 2.18. The van der Waals surface area contributed by atoms with E-state index in [1.54, 1.807) is 12.4 Å². The zero-order valence-corrected chi connectivity index (χ0v) is 7.90. The predicted octanol–water partition coefficient (Wildman–Crippen LogP) is 1.31. The van der Waals surface area contributed by atoms with E-state index in [0.717, 1.165) is 5.56 Å². The molecule has 1 amide bonds. The Morgan fingerprint density at radius 3 is 2.69 bits per heavy atom. The number of amides is 1. The van der Waals surface area contributed by atoms with Gasteiger partial charge in [0.2, 0.25) is 5.91 Å². The number of rotatable bonds is 3. The van der Waals surface area contributed by atoms with E-state index in [9.17, 15) is 4.79 Å². The molecule has 0 spiro atoms. The van der Waals surface area contributed by atoms with Crippen LogP contribution in [-0.2, 0) is 4.79 Å². The minimum absolute atomic E-state index is 0.131. The lowest BCUT2D eigenvalue weighted by Gasteiger charge is -2.16. The number of nitrogens with zero attached hydrogens (tertiary/aromatic N) is 1. The number of hydrogen-bond acceptors (Lipinski definition) is 2. The van der Waals surface area contributed by atoms with Gasteiger partial charge in [0.05, 0.1) is 0 Å². The van der Waals surface area contributed by atoms with Gasteiger partial charge in [-0.1, -0.05) is 19.9 Å². The Morgan fingerprint density at radius 2 is 2.23 bits per heavy atom. The van der Waals surface area contributed by atoms with Gasteiger partial charge in [-0.05, 0) is 17.5 Å². The van der Waals surface area contributed by atoms with Crippen LogP contribution < -0.4 is 5.73 Å². The minimum Gasteiger partial charge on any atom is -0.369 e. The molecule has 0 aliphatic rings. The fourth-order valence-corrected chi connectivity index (χ4v) is 1.18. The van der Waals surface area contributed by atoms with Crippen LogP contribution in [0.15, 0.2) is 24.5 Å². The zero-order chi connectivity index (χ0) is 9.84. The lowest BCUT2D eigenvalue weighted by atomic mass is 9.89. The summed E-state index contributed by atoms with van der Waals surface area (Å²) >= 11 is 0. The van der Waals surface area contributed by atoms with Crippen LogP contribution in [-0.4, -0.2) is 10.9 Å². The SMILES string of the molecule is CC(C(N)=O)C(C)c1cccnc1. The molecule has 13 heavy (non-hydrogen) atoms. The van der Waals surface area contributed by atoms with E-state index >= 15 is 0 Å². The second kappa shape index (κ2) is 4.03. The van der Waals surface area contributed by atoms with Crippen molar-refractivity contribution in [2.45, 2.75) is 19.8 Å². The molecule has 1 aromatic heterocycles. The maximum atomic E-state index is 10.9. The largest absolute Gasteiger partial charge is 0.369 e. The van der Waals surface area contributed by atoms with Gasteiger partial charge < -0.3 is 5.73 Å². The maximum Gasteiger partial charge on any atom is 0.220 e. The molecule has 2 atom stereocenters. The van der Waals surface area contributed by atoms with Crippen LogP contribution in [0.25, 0.3) is 0 Å². The number of nitrogens with two attached hydrogens (primary N) is 1. The van der Waals surface area contributed by atoms with Gasteiger partial charge in [0.1, 0.15) is 0 Å². The highest BCUT2D eigenvalue weighted by atomic mass is 16.1. The minimum atomic E-state index is -0.267. The first-order chi connectivity index (χ1) is 6.13. The van der Waals surface area contributed by atoms with Crippen LogP contribution >= 0.6 is 0 Å². The molecule has 2 unspecified atom stereocenters. The first kappa shape index (κ1) is 9.71. The van der Waals surface area contributed by atoms with Gasteiger partial charge in [0.25, 0.3) is 0 Å². The molecular weight excluding hydrogens is 164 g/mol. The molecule has 0 aliphatic heterocycles. The molecule has 0 radical (unpaired) electrons. The molecule has 3 heteroatoms. The lowest BCUT2D eigenvalue weighted by Crippen LogP contribution is -2.25. The van der Waals surface area contributed by atoms with Gasteiger partial charge in [0, 0.05) is 18.3 Å². The Bertz CT molecular complexity index is 284. The van der Waals surface area contributed by atoms with Crippen molar-refractivity contribution in [1.82, 2.24) is 4.98 Å². The van der Waals surface area contributed by atoms with Crippen LogP contribution in [0.1, 0.15) is 25.3 Å². The standard InChI is InChI=1S/C10H14N2O/c1-7(8(2)10(11)13)9-4-3-5-12-6-9/h3-8H,1-2H3,(H2,11,13). The van der Waals surface area contributed by atoms with Gasteiger partial charge in [-0.3, -0.25) is 9.78 Å². The molecule has 0 fully saturated rings. The Kier molecular flexibility index (Phi) is 3.01. The second-order valence-electron chi connectivity index (χ2n) is 3.27. The molecule has 0 aromatic carbocycles. The summed E-state index contributed by atoms with van der Waals surface area (Å²) in [5, 5.41) is 0. The molecule has 0 bridgehead atoms. The molecule has 1 aromatic rings. The molecule has 3 nitrogen and oxygen atoms in total. The van der Waals surface area contributed by atoms with Crippen LogP contribution in [0.4, 0.5) is 0 Å². The van der Waals surface area contributed by atoms with Crippen molar-refractivity contribution < 1.29 is 4.79 Å². The molecule has 1 rings (SSSR count). The third-order valence-corrected chi connectivity index (χ3v) is 2.41. The highest BCUT2D eigenvalue weighted by Crippen LogP contribution is 2.22. The van der Waals surface area contributed by atoms with E-state index in [-0.39, 0.29) is 17.7 Å². The normalized spacial score (nSPS) is 14.9. The summed E-state index contributed by atoms with van der Waals surface area (Å²) in [6.07, 6.45) is 3.48. The third kappa shape index (κ3) is 2.28. The smallest absolute Gasteiger partial charge is 0.220 e. The molecule has 1 heterocycles. The molecule has 2 N–H and O–H groups in total. The van der Waals surface area contributed by atoms with E-state index in [1.165, 1.54) is 0 Å². The van der Waals surface area contributed by atoms with E-state index < -0.39 is 0 Å². The van der Waals surface area contributed by atoms with E-state index in [0.29, 0.717) is 0 Å². The van der Waals surface area contributed by atoms with E-state index in [1.807, 2.05) is 26.0 Å². The Morgan fingerprint density at radius 1 is 1.54 bits per heavy atom. The average Bonchev–Trinajstić information content (AvgIpc) is 2.17. The molecular formula is C10H14N2O. The summed E-state index contributed by atoms with van der Waals surface area (Å²) in [6, 6.07) is 3.82. The number of aromatic nitrogens is 1. The fourth-order valence-electron chi connectivity index (χ4n) is 1.18. The summed E-state index contributed by atoms with van der Waals surface area (Å²) in [7, 11) is 0. The van der Waals surface area contributed by atoms with Crippen LogP contribution in [0.3, 0.4) is 0 Å². The van der Waals surface area contributed by atoms with Gasteiger partial charge in [-0.25, -0.2) is 0 Å². The summed E-state index contributed by atoms with van der Waals surface area (Å²) in [6.45, 7) is 3.81. The third-order valence-electron chi connectivity index (χ3n) is 2.41. The maximum absolute atomic E-state index is 10.9. The van der Waals surface area contributed by atoms with Gasteiger partial charge >= 0.3 is 0 Å². The van der Waals surface area contributed by atoms with Crippen molar-refractivity contribution in [2.24, 2.45) is 11.7 Å². The molecule has 0 saturated carbocycles. The van der Waals surface area contributed by atoms with Crippen LogP contribution in [0, 0.1) is 5.92 Å². The average molecular weight is 178 g/mol.